The van der Waals surface area contributed by atoms with Crippen LogP contribution in [0, 0.1) is 13.8 Å². The molecule has 8 nitrogen and oxygen atoms in total. The van der Waals surface area contributed by atoms with Gasteiger partial charge in [0.2, 0.25) is 11.8 Å². The van der Waals surface area contributed by atoms with Crippen molar-refractivity contribution in [3.63, 3.8) is 0 Å². The molecule has 1 aliphatic rings. The Hall–Kier alpha value is -3.16. The SMILES string of the molecule is Cc1cc(C)c2c(-n3cccc3)nn(CC(=O)NCCCN3CCCC3=O)c2n1. The Morgan fingerprint density at radius 1 is 1.24 bits per heavy atom. The molecule has 8 heteroatoms. The molecule has 1 saturated heterocycles. The monoisotopic (exact) mass is 394 g/mol. The Balaban J connectivity index is 1.46. The molecule has 0 radical (unpaired) electrons. The van der Waals surface area contributed by atoms with E-state index in [1.807, 2.05) is 53.9 Å². The third-order valence-electron chi connectivity index (χ3n) is 5.25. The summed E-state index contributed by atoms with van der Waals surface area (Å²) < 4.78 is 3.61. The molecule has 1 N–H and O–H groups in total. The summed E-state index contributed by atoms with van der Waals surface area (Å²) in [5.41, 5.74) is 2.69. The van der Waals surface area contributed by atoms with Crippen LogP contribution in [0.5, 0.6) is 0 Å². The van der Waals surface area contributed by atoms with E-state index in [0.717, 1.165) is 41.8 Å². The van der Waals surface area contributed by atoms with Crippen molar-refractivity contribution in [3.8, 4) is 5.82 Å². The number of nitrogens with zero attached hydrogens (tertiary/aromatic N) is 5. The average Bonchev–Trinajstić information content (AvgIpc) is 3.40. The van der Waals surface area contributed by atoms with E-state index in [9.17, 15) is 9.59 Å². The van der Waals surface area contributed by atoms with E-state index in [1.54, 1.807) is 4.68 Å². The minimum atomic E-state index is -0.109. The highest BCUT2D eigenvalue weighted by Crippen LogP contribution is 2.25. The summed E-state index contributed by atoms with van der Waals surface area (Å²) in [7, 11) is 0. The zero-order chi connectivity index (χ0) is 20.4. The minimum absolute atomic E-state index is 0.107. The Morgan fingerprint density at radius 2 is 2.03 bits per heavy atom. The van der Waals surface area contributed by atoms with Crippen molar-refractivity contribution in [2.75, 3.05) is 19.6 Å². The topological polar surface area (TPSA) is 85.0 Å². The number of fused-ring (bicyclic) bond motifs is 1. The molecule has 29 heavy (non-hydrogen) atoms. The van der Waals surface area contributed by atoms with Crippen molar-refractivity contribution >= 4 is 22.8 Å². The molecule has 3 aromatic rings. The van der Waals surface area contributed by atoms with Crippen LogP contribution < -0.4 is 5.32 Å². The molecule has 1 fully saturated rings. The maximum atomic E-state index is 12.5. The molecule has 4 heterocycles. The second kappa shape index (κ2) is 8.06. The van der Waals surface area contributed by atoms with Crippen molar-refractivity contribution in [2.24, 2.45) is 0 Å². The molecule has 3 aromatic heterocycles. The first-order valence-electron chi connectivity index (χ1n) is 10.1. The zero-order valence-electron chi connectivity index (χ0n) is 16.9. The van der Waals surface area contributed by atoms with E-state index in [0.29, 0.717) is 25.2 Å². The summed E-state index contributed by atoms with van der Waals surface area (Å²) in [6, 6.07) is 5.92. The van der Waals surface area contributed by atoms with Crippen LogP contribution in [0.4, 0.5) is 0 Å². The third-order valence-corrected chi connectivity index (χ3v) is 5.25. The van der Waals surface area contributed by atoms with Gasteiger partial charge in [-0.05, 0) is 50.5 Å². The van der Waals surface area contributed by atoms with Gasteiger partial charge in [0, 0.05) is 44.1 Å². The molecule has 1 aliphatic heterocycles. The number of likely N-dealkylation sites (tertiary alicyclic amines) is 1. The van der Waals surface area contributed by atoms with Crippen LogP contribution in [0.3, 0.4) is 0 Å². The first-order chi connectivity index (χ1) is 14.0. The van der Waals surface area contributed by atoms with Gasteiger partial charge in [0.05, 0.1) is 5.39 Å². The van der Waals surface area contributed by atoms with Crippen LogP contribution in [0.15, 0.2) is 30.6 Å². The van der Waals surface area contributed by atoms with Crippen LogP contribution in [-0.4, -0.2) is 55.7 Å². The number of carbonyl (C=O) groups is 2. The van der Waals surface area contributed by atoms with E-state index < -0.39 is 0 Å². The highest BCUT2D eigenvalue weighted by Gasteiger charge is 2.20. The van der Waals surface area contributed by atoms with Gasteiger partial charge in [-0.3, -0.25) is 9.59 Å². The number of nitrogens with one attached hydrogen (secondary N) is 1. The second-order valence-corrected chi connectivity index (χ2v) is 7.54. The van der Waals surface area contributed by atoms with Gasteiger partial charge in [-0.15, -0.1) is 0 Å². The van der Waals surface area contributed by atoms with Crippen LogP contribution in [-0.2, 0) is 16.1 Å². The minimum Gasteiger partial charge on any atom is -0.354 e. The van der Waals surface area contributed by atoms with Crippen molar-refractivity contribution in [1.29, 1.82) is 0 Å². The van der Waals surface area contributed by atoms with E-state index in [1.165, 1.54) is 0 Å². The van der Waals surface area contributed by atoms with Crippen molar-refractivity contribution < 1.29 is 9.59 Å². The fourth-order valence-electron chi connectivity index (χ4n) is 3.89. The van der Waals surface area contributed by atoms with Crippen LogP contribution in [0.2, 0.25) is 0 Å². The Bertz CT molecular complexity index is 1040. The number of pyridine rings is 1. The predicted octanol–water partition coefficient (Wildman–Crippen LogP) is 1.97. The summed E-state index contributed by atoms with van der Waals surface area (Å²) in [6.45, 7) is 6.16. The van der Waals surface area contributed by atoms with Crippen LogP contribution in [0.1, 0.15) is 30.5 Å². The summed E-state index contributed by atoms with van der Waals surface area (Å²) in [4.78, 5) is 30.6. The standard InChI is InChI=1S/C21H26N6O2/c1-15-13-16(2)23-20-19(15)21(26-9-3-4-10-26)24-27(20)14-17(28)22-8-6-12-25-11-5-7-18(25)29/h3-4,9-10,13H,5-8,11-12,14H2,1-2H3,(H,22,28). The molecule has 4 rings (SSSR count). The van der Waals surface area contributed by atoms with E-state index in [2.05, 4.69) is 15.4 Å². The fourth-order valence-corrected chi connectivity index (χ4v) is 3.89. The highest BCUT2D eigenvalue weighted by atomic mass is 16.2. The van der Waals surface area contributed by atoms with Gasteiger partial charge in [0.15, 0.2) is 11.5 Å². The Morgan fingerprint density at radius 3 is 2.76 bits per heavy atom. The molecule has 0 atom stereocenters. The van der Waals surface area contributed by atoms with Gasteiger partial charge in [-0.1, -0.05) is 0 Å². The highest BCUT2D eigenvalue weighted by molar-refractivity contribution is 5.88. The predicted molar refractivity (Wildman–Crippen MR) is 110 cm³/mol. The van der Waals surface area contributed by atoms with E-state index in [-0.39, 0.29) is 18.4 Å². The molecule has 0 saturated carbocycles. The smallest absolute Gasteiger partial charge is 0.241 e. The van der Waals surface area contributed by atoms with Gasteiger partial charge >= 0.3 is 0 Å². The number of rotatable bonds is 7. The maximum Gasteiger partial charge on any atom is 0.241 e. The Kier molecular flexibility index (Phi) is 5.33. The van der Waals surface area contributed by atoms with E-state index >= 15 is 0 Å². The summed E-state index contributed by atoms with van der Waals surface area (Å²) >= 11 is 0. The molecular weight excluding hydrogens is 368 g/mol. The Labute approximate surface area is 169 Å². The average molecular weight is 394 g/mol. The zero-order valence-corrected chi connectivity index (χ0v) is 16.9. The quantitative estimate of drug-likeness (QED) is 0.621. The lowest BCUT2D eigenvalue weighted by Gasteiger charge is -2.15. The fraction of sp³-hybridized carbons (Fsp3) is 0.429. The van der Waals surface area contributed by atoms with Gasteiger partial charge in [-0.25, -0.2) is 9.67 Å². The molecule has 2 amide bonds. The van der Waals surface area contributed by atoms with Gasteiger partial charge in [0.1, 0.15) is 6.54 Å². The molecule has 0 aromatic carbocycles. The lowest BCUT2D eigenvalue weighted by molar-refractivity contribution is -0.127. The summed E-state index contributed by atoms with van der Waals surface area (Å²) in [5.74, 6) is 0.881. The molecule has 0 bridgehead atoms. The lowest BCUT2D eigenvalue weighted by atomic mass is 10.2. The van der Waals surface area contributed by atoms with Crippen molar-refractivity contribution in [2.45, 2.75) is 39.7 Å². The number of aryl methyl sites for hydroxylation is 2. The number of hydrogen-bond acceptors (Lipinski definition) is 4. The van der Waals surface area contributed by atoms with Gasteiger partial charge in [0.25, 0.3) is 0 Å². The largest absolute Gasteiger partial charge is 0.354 e. The number of aromatic nitrogens is 4. The number of hydrogen-bond donors (Lipinski definition) is 1. The normalized spacial score (nSPS) is 14.1. The van der Waals surface area contributed by atoms with Gasteiger partial charge in [-0.2, -0.15) is 5.10 Å². The number of carbonyl (C=O) groups excluding carboxylic acids is 2. The second-order valence-electron chi connectivity index (χ2n) is 7.54. The molecular formula is C21H26N6O2. The van der Waals surface area contributed by atoms with Crippen molar-refractivity contribution in [3.05, 3.63) is 41.9 Å². The molecule has 152 valence electrons. The van der Waals surface area contributed by atoms with E-state index in [4.69, 9.17) is 0 Å². The maximum absolute atomic E-state index is 12.5. The van der Waals surface area contributed by atoms with Crippen LogP contribution in [0.25, 0.3) is 16.9 Å². The van der Waals surface area contributed by atoms with Crippen LogP contribution >= 0.6 is 0 Å². The summed E-state index contributed by atoms with van der Waals surface area (Å²) in [5, 5.41) is 8.56. The van der Waals surface area contributed by atoms with Crippen molar-refractivity contribution in [1.82, 2.24) is 29.5 Å². The number of amides is 2. The summed E-state index contributed by atoms with van der Waals surface area (Å²) in [6.07, 6.45) is 6.21. The van der Waals surface area contributed by atoms with Gasteiger partial charge < -0.3 is 14.8 Å². The third kappa shape index (κ3) is 4.01. The molecule has 0 aliphatic carbocycles. The first kappa shape index (κ1) is 19.2. The lowest BCUT2D eigenvalue weighted by Crippen LogP contribution is -2.32. The molecule has 0 unspecified atom stereocenters. The first-order valence-corrected chi connectivity index (χ1v) is 10.1. The molecule has 0 spiro atoms.